The summed E-state index contributed by atoms with van der Waals surface area (Å²) in [5.74, 6) is 0.0841. The molecule has 0 saturated heterocycles. The second-order valence-electron chi connectivity index (χ2n) is 3.37. The summed E-state index contributed by atoms with van der Waals surface area (Å²) in [6, 6.07) is 6.76. The van der Waals surface area contributed by atoms with E-state index in [9.17, 15) is 13.6 Å². The van der Waals surface area contributed by atoms with Gasteiger partial charge in [-0.25, -0.2) is 8.78 Å². The molecule has 0 aromatic heterocycles. The van der Waals surface area contributed by atoms with Crippen LogP contribution in [0.25, 0.3) is 0 Å². The van der Waals surface area contributed by atoms with Gasteiger partial charge >= 0.3 is 0 Å². The molecule has 1 amide bonds. The monoisotopic (exact) mass is 244 g/mol. The van der Waals surface area contributed by atoms with E-state index in [0.29, 0.717) is 11.4 Å². The van der Waals surface area contributed by atoms with Crippen LogP contribution in [0.3, 0.4) is 0 Å². The highest BCUT2D eigenvalue weighted by Gasteiger charge is 2.06. The van der Waals surface area contributed by atoms with Gasteiger partial charge in [-0.05, 0) is 12.1 Å². The van der Waals surface area contributed by atoms with Crippen LogP contribution in [-0.4, -0.2) is 25.5 Å². The molecular formula is C11H14F2N2O2. The first-order valence-corrected chi connectivity index (χ1v) is 5.11. The van der Waals surface area contributed by atoms with Gasteiger partial charge in [-0.1, -0.05) is 6.07 Å². The largest absolute Gasteiger partial charge is 0.493 e. The molecule has 0 aliphatic heterocycles. The molecule has 1 aromatic rings. The van der Waals surface area contributed by atoms with E-state index in [2.05, 4.69) is 5.32 Å². The van der Waals surface area contributed by atoms with Crippen LogP contribution < -0.4 is 15.8 Å². The van der Waals surface area contributed by atoms with Crippen molar-refractivity contribution in [3.05, 3.63) is 24.3 Å². The average molecular weight is 244 g/mol. The Balaban J connectivity index is 2.21. The zero-order valence-electron chi connectivity index (χ0n) is 9.16. The van der Waals surface area contributed by atoms with Gasteiger partial charge in [0.15, 0.2) is 0 Å². The van der Waals surface area contributed by atoms with Crippen LogP contribution in [-0.2, 0) is 4.79 Å². The maximum atomic E-state index is 11.8. The van der Waals surface area contributed by atoms with Gasteiger partial charge in [-0.2, -0.15) is 0 Å². The molecule has 17 heavy (non-hydrogen) atoms. The second kappa shape index (κ2) is 6.67. The molecule has 6 heteroatoms. The number of ether oxygens (including phenoxy) is 1. The minimum atomic E-state index is -2.53. The fourth-order valence-corrected chi connectivity index (χ4v) is 1.15. The molecule has 0 heterocycles. The summed E-state index contributed by atoms with van der Waals surface area (Å²) in [7, 11) is 0. The Bertz CT molecular complexity index is 372. The Morgan fingerprint density at radius 2 is 2.24 bits per heavy atom. The average Bonchev–Trinajstić information content (AvgIpc) is 2.26. The molecule has 94 valence electrons. The van der Waals surface area contributed by atoms with Crippen molar-refractivity contribution in [1.29, 1.82) is 0 Å². The topological polar surface area (TPSA) is 64.3 Å². The van der Waals surface area contributed by atoms with E-state index >= 15 is 0 Å². The van der Waals surface area contributed by atoms with E-state index in [1.807, 2.05) is 0 Å². The summed E-state index contributed by atoms with van der Waals surface area (Å²) in [6.45, 7) is -0.504. The van der Waals surface area contributed by atoms with Gasteiger partial charge in [0, 0.05) is 11.8 Å². The summed E-state index contributed by atoms with van der Waals surface area (Å²) >= 11 is 0. The lowest BCUT2D eigenvalue weighted by Gasteiger charge is -2.07. The maximum absolute atomic E-state index is 11.8. The van der Waals surface area contributed by atoms with E-state index in [1.165, 1.54) is 0 Å². The summed E-state index contributed by atoms with van der Waals surface area (Å²) in [6.07, 6.45) is -2.50. The lowest BCUT2D eigenvalue weighted by molar-refractivity contribution is -0.122. The minimum Gasteiger partial charge on any atom is -0.493 e. The van der Waals surface area contributed by atoms with Crippen LogP contribution in [0.2, 0.25) is 0 Å². The number of halogens is 2. The predicted octanol–water partition coefficient (Wildman–Crippen LogP) is 1.42. The van der Waals surface area contributed by atoms with Gasteiger partial charge in [-0.15, -0.1) is 0 Å². The molecule has 0 aliphatic rings. The van der Waals surface area contributed by atoms with Crippen LogP contribution in [0.4, 0.5) is 14.5 Å². The lowest BCUT2D eigenvalue weighted by Crippen LogP contribution is -2.29. The number of carbonyl (C=O) groups excluding carboxylic acids is 1. The van der Waals surface area contributed by atoms with Crippen LogP contribution in [0.15, 0.2) is 24.3 Å². The smallest absolute Gasteiger partial charge is 0.255 e. The molecule has 1 aromatic carbocycles. The molecule has 0 radical (unpaired) electrons. The molecule has 0 spiro atoms. The Kier molecular flexibility index (Phi) is 5.19. The molecule has 0 bridgehead atoms. The molecule has 0 aliphatic carbocycles. The molecule has 4 nitrogen and oxygen atoms in total. The SMILES string of the molecule is Nc1cccc(OCCC(=O)NCC(F)F)c1. The summed E-state index contributed by atoms with van der Waals surface area (Å²) < 4.78 is 28.8. The normalized spacial score (nSPS) is 10.3. The number of nitrogens with one attached hydrogen (secondary N) is 1. The Labute approximate surface area is 97.8 Å². The number of hydrogen-bond donors (Lipinski definition) is 2. The molecule has 3 N–H and O–H groups in total. The number of rotatable bonds is 6. The summed E-state index contributed by atoms with van der Waals surface area (Å²) in [5, 5.41) is 2.09. The van der Waals surface area contributed by atoms with E-state index in [4.69, 9.17) is 10.5 Å². The van der Waals surface area contributed by atoms with Crippen molar-refractivity contribution >= 4 is 11.6 Å². The third-order valence-corrected chi connectivity index (χ3v) is 1.91. The zero-order chi connectivity index (χ0) is 12.7. The third kappa shape index (κ3) is 5.70. The molecule has 0 fully saturated rings. The Morgan fingerprint density at radius 1 is 1.47 bits per heavy atom. The van der Waals surface area contributed by atoms with E-state index in [0.717, 1.165) is 0 Å². The molecule has 0 saturated carbocycles. The van der Waals surface area contributed by atoms with Crippen LogP contribution in [0, 0.1) is 0 Å². The summed E-state index contributed by atoms with van der Waals surface area (Å²) in [5.41, 5.74) is 6.09. The van der Waals surface area contributed by atoms with E-state index in [-0.39, 0.29) is 13.0 Å². The highest BCUT2D eigenvalue weighted by Crippen LogP contribution is 2.14. The lowest BCUT2D eigenvalue weighted by atomic mass is 10.3. The summed E-state index contributed by atoms with van der Waals surface area (Å²) in [4.78, 5) is 11.1. The minimum absolute atomic E-state index is 0.0293. The van der Waals surface area contributed by atoms with Crippen molar-refractivity contribution in [2.24, 2.45) is 0 Å². The van der Waals surface area contributed by atoms with Crippen molar-refractivity contribution in [2.75, 3.05) is 18.9 Å². The van der Waals surface area contributed by atoms with Crippen LogP contribution >= 0.6 is 0 Å². The second-order valence-corrected chi connectivity index (χ2v) is 3.37. The van der Waals surface area contributed by atoms with Gasteiger partial charge in [0.1, 0.15) is 5.75 Å². The van der Waals surface area contributed by atoms with Crippen molar-refractivity contribution in [2.45, 2.75) is 12.8 Å². The Hall–Kier alpha value is -1.85. The number of nitrogens with two attached hydrogens (primary N) is 1. The quantitative estimate of drug-likeness (QED) is 0.744. The number of anilines is 1. The van der Waals surface area contributed by atoms with Crippen LogP contribution in [0.5, 0.6) is 5.75 Å². The molecule has 1 rings (SSSR count). The van der Waals surface area contributed by atoms with Crippen molar-refractivity contribution in [3.8, 4) is 5.75 Å². The van der Waals surface area contributed by atoms with Gasteiger partial charge in [-0.3, -0.25) is 4.79 Å². The first kappa shape index (κ1) is 13.2. The van der Waals surface area contributed by atoms with E-state index < -0.39 is 18.9 Å². The predicted molar refractivity (Wildman–Crippen MR) is 60.0 cm³/mol. The molecule has 0 atom stereocenters. The van der Waals surface area contributed by atoms with Crippen LogP contribution in [0.1, 0.15) is 6.42 Å². The van der Waals surface area contributed by atoms with Crippen molar-refractivity contribution in [3.63, 3.8) is 0 Å². The van der Waals surface area contributed by atoms with Gasteiger partial charge < -0.3 is 15.8 Å². The number of alkyl halides is 2. The Morgan fingerprint density at radius 3 is 2.88 bits per heavy atom. The molecular weight excluding hydrogens is 230 g/mol. The van der Waals surface area contributed by atoms with E-state index in [1.54, 1.807) is 24.3 Å². The number of carbonyl (C=O) groups is 1. The highest BCUT2D eigenvalue weighted by molar-refractivity contribution is 5.75. The van der Waals surface area contributed by atoms with Gasteiger partial charge in [0.2, 0.25) is 5.91 Å². The fourth-order valence-electron chi connectivity index (χ4n) is 1.15. The number of benzene rings is 1. The number of hydrogen-bond acceptors (Lipinski definition) is 3. The van der Waals surface area contributed by atoms with Crippen molar-refractivity contribution in [1.82, 2.24) is 5.32 Å². The zero-order valence-corrected chi connectivity index (χ0v) is 9.16. The fraction of sp³-hybridized carbons (Fsp3) is 0.364. The third-order valence-electron chi connectivity index (χ3n) is 1.91. The maximum Gasteiger partial charge on any atom is 0.255 e. The van der Waals surface area contributed by atoms with Gasteiger partial charge in [0.05, 0.1) is 19.6 Å². The highest BCUT2D eigenvalue weighted by atomic mass is 19.3. The number of nitrogen functional groups attached to an aromatic ring is 1. The van der Waals surface area contributed by atoms with Crippen molar-refractivity contribution < 1.29 is 18.3 Å². The molecule has 0 unspecified atom stereocenters. The first-order valence-electron chi connectivity index (χ1n) is 5.11. The first-order chi connectivity index (χ1) is 8.08. The standard InChI is InChI=1S/C11H14F2N2O2/c12-10(13)7-15-11(16)4-5-17-9-3-1-2-8(14)6-9/h1-3,6,10H,4-5,7,14H2,(H,15,16). The number of amides is 1. The van der Waals surface area contributed by atoms with Gasteiger partial charge in [0.25, 0.3) is 6.43 Å².